The van der Waals surface area contributed by atoms with Crippen LogP contribution in [0, 0.1) is 5.82 Å². The molecule has 3 nitrogen and oxygen atoms in total. The Morgan fingerprint density at radius 3 is 2.58 bits per heavy atom. The molecule has 0 atom stereocenters. The molecule has 0 N–H and O–H groups in total. The van der Waals surface area contributed by atoms with Crippen LogP contribution in [-0.2, 0) is 13.1 Å². The number of benzene rings is 2. The molecule has 0 fully saturated rings. The van der Waals surface area contributed by atoms with Gasteiger partial charge in [0.05, 0.1) is 18.4 Å². The van der Waals surface area contributed by atoms with Gasteiger partial charge in [-0.25, -0.2) is 4.39 Å². The van der Waals surface area contributed by atoms with Crippen molar-refractivity contribution < 1.29 is 13.6 Å². The van der Waals surface area contributed by atoms with E-state index < -0.39 is 0 Å². The first-order chi connectivity index (χ1) is 11.6. The van der Waals surface area contributed by atoms with Gasteiger partial charge in [0.25, 0.3) is 5.91 Å². The van der Waals surface area contributed by atoms with Crippen LogP contribution in [0.25, 0.3) is 0 Å². The highest BCUT2D eigenvalue weighted by Gasteiger charge is 2.19. The summed E-state index contributed by atoms with van der Waals surface area (Å²) in [7, 11) is 0. The van der Waals surface area contributed by atoms with Crippen molar-refractivity contribution in [3.8, 4) is 0 Å². The van der Waals surface area contributed by atoms with E-state index in [4.69, 9.17) is 4.42 Å². The molecule has 24 heavy (non-hydrogen) atoms. The van der Waals surface area contributed by atoms with Crippen LogP contribution >= 0.6 is 15.9 Å². The summed E-state index contributed by atoms with van der Waals surface area (Å²) in [6, 6.07) is 17.1. The third-order valence-electron chi connectivity index (χ3n) is 3.58. The number of carbonyl (C=O) groups is 1. The highest BCUT2D eigenvalue weighted by Crippen LogP contribution is 2.21. The number of rotatable bonds is 5. The second-order valence-corrected chi connectivity index (χ2v) is 6.20. The molecule has 0 bridgehead atoms. The molecule has 0 saturated carbocycles. The minimum absolute atomic E-state index is 0.150. The van der Waals surface area contributed by atoms with E-state index in [9.17, 15) is 9.18 Å². The molecule has 0 aliphatic carbocycles. The SMILES string of the molecule is O=C(c1ccccc1Br)N(Cc1cccc(F)c1)Cc1ccco1. The van der Waals surface area contributed by atoms with Crippen molar-refractivity contribution in [2.45, 2.75) is 13.1 Å². The van der Waals surface area contributed by atoms with Gasteiger partial charge < -0.3 is 9.32 Å². The molecule has 3 aromatic rings. The fourth-order valence-corrected chi connectivity index (χ4v) is 2.91. The number of hydrogen-bond donors (Lipinski definition) is 0. The van der Waals surface area contributed by atoms with Gasteiger partial charge in [0.1, 0.15) is 11.6 Å². The molecule has 0 aliphatic heterocycles. The molecule has 2 aromatic carbocycles. The van der Waals surface area contributed by atoms with Crippen molar-refractivity contribution in [1.29, 1.82) is 0 Å². The third-order valence-corrected chi connectivity index (χ3v) is 4.27. The molecule has 122 valence electrons. The number of furan rings is 1. The molecule has 1 amide bonds. The van der Waals surface area contributed by atoms with Gasteiger partial charge in [0, 0.05) is 11.0 Å². The maximum Gasteiger partial charge on any atom is 0.255 e. The standard InChI is InChI=1S/C19H15BrFNO2/c20-18-9-2-1-8-17(18)19(23)22(13-16-7-4-10-24-16)12-14-5-3-6-15(21)11-14/h1-11H,12-13H2. The molecule has 5 heteroatoms. The number of halogens is 2. The first-order valence-electron chi connectivity index (χ1n) is 7.44. The Kier molecular flexibility index (Phi) is 5.11. The van der Waals surface area contributed by atoms with Crippen LogP contribution in [0.1, 0.15) is 21.7 Å². The topological polar surface area (TPSA) is 33.5 Å². The highest BCUT2D eigenvalue weighted by molar-refractivity contribution is 9.10. The zero-order valence-electron chi connectivity index (χ0n) is 12.8. The van der Waals surface area contributed by atoms with Crippen molar-refractivity contribution in [3.05, 3.63) is 94.1 Å². The van der Waals surface area contributed by atoms with Gasteiger partial charge in [-0.1, -0.05) is 24.3 Å². The molecular weight excluding hydrogens is 373 g/mol. The van der Waals surface area contributed by atoms with Crippen LogP contribution in [-0.4, -0.2) is 10.8 Å². The molecular formula is C19H15BrFNO2. The summed E-state index contributed by atoms with van der Waals surface area (Å²) in [4.78, 5) is 14.6. The van der Waals surface area contributed by atoms with Crippen molar-refractivity contribution in [1.82, 2.24) is 4.90 Å². The van der Waals surface area contributed by atoms with E-state index in [0.717, 1.165) is 10.0 Å². The van der Waals surface area contributed by atoms with Crippen LogP contribution in [0.5, 0.6) is 0 Å². The van der Waals surface area contributed by atoms with Crippen LogP contribution in [0.3, 0.4) is 0 Å². The van der Waals surface area contributed by atoms with Gasteiger partial charge in [-0.3, -0.25) is 4.79 Å². The first kappa shape index (κ1) is 16.5. The minimum atomic E-state index is -0.321. The fourth-order valence-electron chi connectivity index (χ4n) is 2.45. The van der Waals surface area contributed by atoms with Crippen LogP contribution in [0.4, 0.5) is 4.39 Å². The largest absolute Gasteiger partial charge is 0.467 e. The van der Waals surface area contributed by atoms with Crippen molar-refractivity contribution in [3.63, 3.8) is 0 Å². The Labute approximate surface area is 147 Å². The summed E-state index contributed by atoms with van der Waals surface area (Å²) >= 11 is 3.41. The van der Waals surface area contributed by atoms with Gasteiger partial charge >= 0.3 is 0 Å². The molecule has 1 heterocycles. The maximum absolute atomic E-state index is 13.5. The van der Waals surface area contributed by atoms with Gasteiger partial charge in [-0.05, 0) is 57.9 Å². The zero-order chi connectivity index (χ0) is 16.9. The Balaban J connectivity index is 1.89. The summed E-state index contributed by atoms with van der Waals surface area (Å²) in [6.45, 7) is 0.600. The van der Waals surface area contributed by atoms with E-state index in [2.05, 4.69) is 15.9 Å². The van der Waals surface area contributed by atoms with E-state index in [0.29, 0.717) is 24.4 Å². The Morgan fingerprint density at radius 2 is 1.88 bits per heavy atom. The molecule has 0 unspecified atom stereocenters. The smallest absolute Gasteiger partial charge is 0.255 e. The molecule has 3 rings (SSSR count). The van der Waals surface area contributed by atoms with Crippen molar-refractivity contribution >= 4 is 21.8 Å². The van der Waals surface area contributed by atoms with Crippen LogP contribution < -0.4 is 0 Å². The lowest BCUT2D eigenvalue weighted by Gasteiger charge is -2.22. The Hall–Kier alpha value is -2.40. The second-order valence-electron chi connectivity index (χ2n) is 5.35. The van der Waals surface area contributed by atoms with Gasteiger partial charge in [-0.2, -0.15) is 0 Å². The molecule has 0 radical (unpaired) electrons. The first-order valence-corrected chi connectivity index (χ1v) is 8.23. The van der Waals surface area contributed by atoms with Crippen molar-refractivity contribution in [2.24, 2.45) is 0 Å². The fraction of sp³-hybridized carbons (Fsp3) is 0.105. The summed E-state index contributed by atoms with van der Waals surface area (Å²) in [5.41, 5.74) is 1.28. The van der Waals surface area contributed by atoms with Crippen LogP contribution in [0.2, 0.25) is 0 Å². The number of hydrogen-bond acceptors (Lipinski definition) is 2. The average molecular weight is 388 g/mol. The normalized spacial score (nSPS) is 10.6. The lowest BCUT2D eigenvalue weighted by molar-refractivity contribution is 0.0716. The van der Waals surface area contributed by atoms with E-state index in [1.54, 1.807) is 35.4 Å². The lowest BCUT2D eigenvalue weighted by atomic mass is 10.1. The molecule has 0 spiro atoms. The summed E-state index contributed by atoms with van der Waals surface area (Å²) in [5.74, 6) is 0.203. The number of carbonyl (C=O) groups excluding carboxylic acids is 1. The summed E-state index contributed by atoms with van der Waals surface area (Å²) in [5, 5.41) is 0. The van der Waals surface area contributed by atoms with E-state index in [1.807, 2.05) is 24.3 Å². The average Bonchev–Trinajstić information content (AvgIpc) is 3.07. The van der Waals surface area contributed by atoms with Crippen LogP contribution in [0.15, 0.2) is 75.8 Å². The predicted molar refractivity (Wildman–Crippen MR) is 92.8 cm³/mol. The maximum atomic E-state index is 13.5. The highest BCUT2D eigenvalue weighted by atomic mass is 79.9. The predicted octanol–water partition coefficient (Wildman–Crippen LogP) is 5.02. The number of nitrogens with zero attached hydrogens (tertiary/aromatic N) is 1. The number of amides is 1. The monoisotopic (exact) mass is 387 g/mol. The summed E-state index contributed by atoms with van der Waals surface area (Å²) < 4.78 is 19.5. The van der Waals surface area contributed by atoms with Crippen molar-refractivity contribution in [2.75, 3.05) is 0 Å². The van der Waals surface area contributed by atoms with Gasteiger partial charge in [0.15, 0.2) is 0 Å². The molecule has 0 saturated heterocycles. The third kappa shape index (κ3) is 3.92. The zero-order valence-corrected chi connectivity index (χ0v) is 14.4. The molecule has 0 aliphatic rings. The van der Waals surface area contributed by atoms with E-state index >= 15 is 0 Å². The van der Waals surface area contributed by atoms with Gasteiger partial charge in [-0.15, -0.1) is 0 Å². The Bertz CT molecular complexity index is 833. The quantitative estimate of drug-likeness (QED) is 0.615. The molecule has 1 aromatic heterocycles. The van der Waals surface area contributed by atoms with E-state index in [1.165, 1.54) is 12.1 Å². The van der Waals surface area contributed by atoms with E-state index in [-0.39, 0.29) is 11.7 Å². The second kappa shape index (κ2) is 7.45. The Morgan fingerprint density at radius 1 is 1.04 bits per heavy atom. The summed E-state index contributed by atoms with van der Waals surface area (Å²) in [6.07, 6.45) is 1.57. The lowest BCUT2D eigenvalue weighted by Crippen LogP contribution is -2.30. The minimum Gasteiger partial charge on any atom is -0.467 e. The van der Waals surface area contributed by atoms with Gasteiger partial charge in [0.2, 0.25) is 0 Å².